The first-order valence-electron chi connectivity index (χ1n) is 6.69. The average molecular weight is 309 g/mol. The second kappa shape index (κ2) is 6.46. The van der Waals surface area contributed by atoms with Crippen molar-refractivity contribution in [3.05, 3.63) is 64.4 Å². The first-order valence-corrected chi connectivity index (χ1v) is 7.07. The average Bonchev–Trinajstić information content (AvgIpc) is 2.44. The van der Waals surface area contributed by atoms with E-state index in [1.807, 2.05) is 24.3 Å². The van der Waals surface area contributed by atoms with Gasteiger partial charge >= 0.3 is 0 Å². The Labute approximate surface area is 129 Å². The van der Waals surface area contributed by atoms with Crippen molar-refractivity contribution in [3.8, 4) is 5.75 Å². The summed E-state index contributed by atoms with van der Waals surface area (Å²) in [6.07, 6.45) is 0.619. The quantitative estimate of drug-likeness (QED) is 0.904. The van der Waals surface area contributed by atoms with Crippen LogP contribution in [0, 0.1) is 5.82 Å². The number of methoxy groups -OCH3 is 1. The van der Waals surface area contributed by atoms with Gasteiger partial charge < -0.3 is 9.84 Å². The Morgan fingerprint density at radius 3 is 2.43 bits per heavy atom. The molecule has 112 valence electrons. The van der Waals surface area contributed by atoms with Crippen LogP contribution in [0.5, 0.6) is 5.75 Å². The van der Waals surface area contributed by atoms with Crippen LogP contribution in [-0.4, -0.2) is 17.8 Å². The van der Waals surface area contributed by atoms with Crippen LogP contribution in [-0.2, 0) is 12.8 Å². The highest BCUT2D eigenvalue weighted by Gasteiger charge is 2.23. The fourth-order valence-electron chi connectivity index (χ4n) is 2.34. The van der Waals surface area contributed by atoms with Crippen molar-refractivity contribution < 1.29 is 14.2 Å². The van der Waals surface area contributed by atoms with Gasteiger partial charge in [0.05, 0.1) is 17.7 Å². The molecule has 1 unspecified atom stereocenters. The van der Waals surface area contributed by atoms with E-state index in [-0.39, 0.29) is 11.4 Å². The van der Waals surface area contributed by atoms with Crippen molar-refractivity contribution in [2.24, 2.45) is 0 Å². The normalized spacial score (nSPS) is 13.8. The summed E-state index contributed by atoms with van der Waals surface area (Å²) in [5, 5.41) is 10.6. The molecule has 2 nitrogen and oxygen atoms in total. The monoisotopic (exact) mass is 308 g/mol. The summed E-state index contributed by atoms with van der Waals surface area (Å²) >= 11 is 5.77. The Balaban J connectivity index is 2.12. The summed E-state index contributed by atoms with van der Waals surface area (Å²) in [7, 11) is 1.60. The molecule has 1 N–H and O–H groups in total. The van der Waals surface area contributed by atoms with Crippen LogP contribution in [0.25, 0.3) is 0 Å². The first kappa shape index (κ1) is 15.8. The molecule has 2 rings (SSSR count). The minimum absolute atomic E-state index is 0.0766. The second-order valence-electron chi connectivity index (χ2n) is 5.41. The van der Waals surface area contributed by atoms with Crippen molar-refractivity contribution in [1.29, 1.82) is 0 Å². The third-order valence-electron chi connectivity index (χ3n) is 3.35. The maximum atomic E-state index is 13.9. The van der Waals surface area contributed by atoms with Gasteiger partial charge in [-0.05, 0) is 36.2 Å². The Morgan fingerprint density at radius 1 is 1.14 bits per heavy atom. The maximum Gasteiger partial charge on any atom is 0.145 e. The largest absolute Gasteiger partial charge is 0.497 e. The van der Waals surface area contributed by atoms with Crippen LogP contribution < -0.4 is 4.74 Å². The third kappa shape index (κ3) is 4.19. The predicted molar refractivity (Wildman–Crippen MR) is 82.4 cm³/mol. The highest BCUT2D eigenvalue weighted by molar-refractivity contribution is 6.30. The molecule has 0 aromatic heterocycles. The molecule has 0 saturated heterocycles. The van der Waals surface area contributed by atoms with E-state index in [0.29, 0.717) is 12.0 Å². The molecule has 0 aliphatic carbocycles. The molecule has 2 aromatic rings. The van der Waals surface area contributed by atoms with E-state index in [2.05, 4.69) is 0 Å². The molecule has 2 aromatic carbocycles. The molecule has 21 heavy (non-hydrogen) atoms. The molecule has 1 atom stereocenters. The van der Waals surface area contributed by atoms with Gasteiger partial charge in [-0.2, -0.15) is 0 Å². The molecule has 4 heteroatoms. The first-order chi connectivity index (χ1) is 9.91. The second-order valence-corrected chi connectivity index (χ2v) is 5.82. The summed E-state index contributed by atoms with van der Waals surface area (Å²) in [6, 6.07) is 12.3. The van der Waals surface area contributed by atoms with Gasteiger partial charge in [-0.25, -0.2) is 4.39 Å². The zero-order chi connectivity index (χ0) is 15.5. The fourth-order valence-corrected chi connectivity index (χ4v) is 2.54. The Kier molecular flexibility index (Phi) is 4.86. The van der Waals surface area contributed by atoms with Crippen LogP contribution in [0.3, 0.4) is 0 Å². The van der Waals surface area contributed by atoms with E-state index >= 15 is 0 Å². The topological polar surface area (TPSA) is 29.5 Å². The van der Waals surface area contributed by atoms with Gasteiger partial charge in [0.25, 0.3) is 0 Å². The number of rotatable bonds is 5. The van der Waals surface area contributed by atoms with Gasteiger partial charge in [0, 0.05) is 12.8 Å². The number of hydrogen-bond acceptors (Lipinski definition) is 2. The maximum absolute atomic E-state index is 13.9. The molecule has 0 fully saturated rings. The van der Waals surface area contributed by atoms with Gasteiger partial charge in [-0.3, -0.25) is 0 Å². The molecule has 0 spiro atoms. The van der Waals surface area contributed by atoms with Gasteiger partial charge in [0.15, 0.2) is 0 Å². The summed E-state index contributed by atoms with van der Waals surface area (Å²) in [5.74, 6) is 0.299. The predicted octanol–water partition coefficient (Wildman–Crippen LogP) is 4.02. The number of benzene rings is 2. The van der Waals surface area contributed by atoms with Crippen LogP contribution in [0.4, 0.5) is 4.39 Å². The highest BCUT2D eigenvalue weighted by Crippen LogP contribution is 2.25. The Morgan fingerprint density at radius 2 is 1.81 bits per heavy atom. The molecule has 0 aliphatic rings. The number of ether oxygens (including phenoxy) is 1. The number of halogens is 2. The van der Waals surface area contributed by atoms with E-state index in [0.717, 1.165) is 11.3 Å². The molecular weight excluding hydrogens is 291 g/mol. The molecule has 0 saturated carbocycles. The molecular formula is C17H18ClFO2. The van der Waals surface area contributed by atoms with Gasteiger partial charge in [-0.15, -0.1) is 0 Å². The summed E-state index contributed by atoms with van der Waals surface area (Å²) in [4.78, 5) is 0. The lowest BCUT2D eigenvalue weighted by Crippen LogP contribution is -2.30. The van der Waals surface area contributed by atoms with Gasteiger partial charge in [0.1, 0.15) is 11.6 Å². The molecule has 0 aliphatic heterocycles. The van der Waals surface area contributed by atoms with Gasteiger partial charge in [-0.1, -0.05) is 35.9 Å². The van der Waals surface area contributed by atoms with Crippen molar-refractivity contribution in [3.63, 3.8) is 0 Å². The molecule has 0 heterocycles. The van der Waals surface area contributed by atoms with Gasteiger partial charge in [0.2, 0.25) is 0 Å². The SMILES string of the molecule is COc1ccc(CC(C)(O)Cc2cccc(Cl)c2F)cc1. The van der Waals surface area contributed by atoms with Crippen molar-refractivity contribution >= 4 is 11.6 Å². The lowest BCUT2D eigenvalue weighted by atomic mass is 9.89. The molecule has 0 radical (unpaired) electrons. The van der Waals surface area contributed by atoms with Crippen molar-refractivity contribution in [2.75, 3.05) is 7.11 Å². The summed E-state index contributed by atoms with van der Waals surface area (Å²) in [5.41, 5.74) is 0.323. The van der Waals surface area contributed by atoms with E-state index < -0.39 is 11.4 Å². The van der Waals surface area contributed by atoms with E-state index in [4.69, 9.17) is 16.3 Å². The summed E-state index contributed by atoms with van der Waals surface area (Å²) < 4.78 is 19.0. The lowest BCUT2D eigenvalue weighted by molar-refractivity contribution is 0.0599. The van der Waals surface area contributed by atoms with E-state index in [1.54, 1.807) is 26.2 Å². The lowest BCUT2D eigenvalue weighted by Gasteiger charge is -2.24. The fraction of sp³-hybridized carbons (Fsp3) is 0.294. The standard InChI is InChI=1S/C17H18ClFO2/c1-17(20,10-12-6-8-14(21-2)9-7-12)11-13-4-3-5-15(18)16(13)19/h3-9,20H,10-11H2,1-2H3. The van der Waals surface area contributed by atoms with Crippen molar-refractivity contribution in [2.45, 2.75) is 25.4 Å². The van der Waals surface area contributed by atoms with Crippen LogP contribution in [0.15, 0.2) is 42.5 Å². The minimum atomic E-state index is -1.06. The Hall–Kier alpha value is -1.58. The molecule has 0 amide bonds. The zero-order valence-electron chi connectivity index (χ0n) is 12.1. The highest BCUT2D eigenvalue weighted by atomic mass is 35.5. The third-order valence-corrected chi connectivity index (χ3v) is 3.64. The van der Waals surface area contributed by atoms with E-state index in [9.17, 15) is 9.50 Å². The Bertz CT molecular complexity index is 609. The smallest absolute Gasteiger partial charge is 0.145 e. The number of aliphatic hydroxyl groups is 1. The zero-order valence-corrected chi connectivity index (χ0v) is 12.8. The summed E-state index contributed by atoms with van der Waals surface area (Å²) in [6.45, 7) is 1.69. The van der Waals surface area contributed by atoms with Crippen LogP contribution in [0.2, 0.25) is 5.02 Å². The minimum Gasteiger partial charge on any atom is -0.497 e. The van der Waals surface area contributed by atoms with Crippen LogP contribution in [0.1, 0.15) is 18.1 Å². The van der Waals surface area contributed by atoms with Crippen LogP contribution >= 0.6 is 11.6 Å². The van der Waals surface area contributed by atoms with E-state index in [1.165, 1.54) is 6.07 Å². The molecule has 0 bridgehead atoms. The number of hydrogen-bond donors (Lipinski definition) is 1. The van der Waals surface area contributed by atoms with Crippen molar-refractivity contribution in [1.82, 2.24) is 0 Å².